The molecule has 13 heteroatoms. The van der Waals surface area contributed by atoms with Gasteiger partial charge in [0.1, 0.15) is 0 Å². The van der Waals surface area contributed by atoms with Crippen LogP contribution in [0.2, 0.25) is 0 Å². The van der Waals surface area contributed by atoms with Gasteiger partial charge in [-0.2, -0.15) is 0 Å². The normalized spacial score (nSPS) is 10.4. The number of hydrogen-bond donors (Lipinski definition) is 0. The molecule has 9 heterocycles. The Labute approximate surface area is 867 Å². The molecule has 0 aliphatic carbocycles. The van der Waals surface area contributed by atoms with Gasteiger partial charge in [0.05, 0.1) is 0 Å². The molecular formula is C124H113Ir4N9-8. The van der Waals surface area contributed by atoms with Gasteiger partial charge in [0.15, 0.2) is 0 Å². The maximum atomic E-state index is 4.53. The molecule has 0 unspecified atom stereocenters. The average molecular weight is 2500 g/mol. The molecule has 0 saturated carbocycles. The maximum Gasteiger partial charge on any atom is 0.0192 e. The van der Waals surface area contributed by atoms with Crippen molar-refractivity contribution in [2.75, 3.05) is 0 Å². The summed E-state index contributed by atoms with van der Waals surface area (Å²) in [5, 5.41) is 0. The standard InChI is InChI=1S/2C21H20N.C18H14N.2C15H16N.2C12H10N.C10H7N2.4Ir/c2*1-21(2,3)19-12-13-22-20(15-19)18-11-7-10-17(14-18)16-8-5-4-6-9-16;1-14-10-11-18(19-13-14)17-9-5-8-16(12-17)15-6-3-2-4-7-15;1-15(2,3)13-9-10-16-14(11-13)12-7-5-4-6-8-12;1-12(2)10-13-8-9-15(16-11-13)14-6-4-3-5-7-14;2*1-10-7-8-12(13-9-10)11-5-3-2-4-6-11;1-2-7-12-10(5-1)9-4-3-6-11-8-9;;;;/h2*4-10,12-15H,1-3H3;2-8,10-13H,1H3;4-7,9-11H,1-3H3;3-6,8-9,11-12H,10H2,1-2H3;2*2-5,7-9H,1H3;1-3,5-8H;;;;/q8*-1;;;;. The zero-order chi connectivity index (χ0) is 93.6. The first-order chi connectivity index (χ1) is 64.4. The molecule has 698 valence electrons. The van der Waals surface area contributed by atoms with Gasteiger partial charge in [-0.25, -0.2) is 0 Å². The molecule has 0 aliphatic heterocycles. The van der Waals surface area contributed by atoms with Crippen molar-refractivity contribution in [2.45, 2.75) is 120 Å². The van der Waals surface area contributed by atoms with Crippen molar-refractivity contribution in [3.8, 4) is 123 Å². The van der Waals surface area contributed by atoms with Crippen LogP contribution in [0.1, 0.15) is 115 Å². The van der Waals surface area contributed by atoms with E-state index in [2.05, 4.69) is 345 Å². The number of rotatable bonds is 13. The van der Waals surface area contributed by atoms with Crippen LogP contribution in [0.4, 0.5) is 0 Å². The summed E-state index contributed by atoms with van der Waals surface area (Å²) in [6, 6.07) is 144. The Morgan fingerprint density at radius 3 is 0.803 bits per heavy atom. The van der Waals surface area contributed by atoms with Crippen molar-refractivity contribution in [3.63, 3.8) is 0 Å². The maximum absolute atomic E-state index is 4.53. The molecule has 0 aliphatic rings. The van der Waals surface area contributed by atoms with Crippen LogP contribution in [0.15, 0.2) is 414 Å². The smallest absolute Gasteiger partial charge is 0.0192 e. The van der Waals surface area contributed by atoms with Crippen LogP contribution < -0.4 is 0 Å². The third-order valence-corrected chi connectivity index (χ3v) is 21.1. The zero-order valence-electron chi connectivity index (χ0n) is 79.9. The molecule has 4 radical (unpaired) electrons. The van der Waals surface area contributed by atoms with Gasteiger partial charge in [-0.15, -0.1) is 267 Å². The molecule has 0 atom stereocenters. The van der Waals surface area contributed by atoms with E-state index in [1.54, 1.807) is 24.7 Å². The largest absolute Gasteiger partial charge is 0.360 e. The third kappa shape index (κ3) is 35.7. The molecule has 0 bridgehead atoms. The van der Waals surface area contributed by atoms with Gasteiger partial charge in [-0.05, 0) is 175 Å². The number of nitrogens with zero attached hydrogens (tertiary/aromatic N) is 9. The van der Waals surface area contributed by atoms with Crippen molar-refractivity contribution < 1.29 is 80.4 Å². The van der Waals surface area contributed by atoms with Crippen molar-refractivity contribution in [2.24, 2.45) is 5.92 Å². The monoisotopic (exact) mass is 2500 g/mol. The molecular weight excluding hydrogens is 2380 g/mol. The van der Waals surface area contributed by atoms with E-state index in [-0.39, 0.29) is 96.7 Å². The van der Waals surface area contributed by atoms with E-state index in [0.29, 0.717) is 5.92 Å². The number of aryl methyl sites for hydroxylation is 3. The molecule has 0 spiro atoms. The Morgan fingerprint density at radius 2 is 0.511 bits per heavy atom. The van der Waals surface area contributed by atoms with Crippen LogP contribution in [-0.2, 0) is 103 Å². The molecule has 19 rings (SSSR count). The second-order valence-corrected chi connectivity index (χ2v) is 35.4. The molecule has 0 saturated heterocycles. The molecule has 0 amide bonds. The van der Waals surface area contributed by atoms with Crippen LogP contribution in [0.25, 0.3) is 123 Å². The van der Waals surface area contributed by atoms with Gasteiger partial charge < -0.3 is 44.9 Å². The first-order valence-corrected chi connectivity index (χ1v) is 44.9. The summed E-state index contributed by atoms with van der Waals surface area (Å²) < 4.78 is 0. The predicted molar refractivity (Wildman–Crippen MR) is 551 cm³/mol. The van der Waals surface area contributed by atoms with E-state index in [0.717, 1.165) is 96.5 Å². The quantitative estimate of drug-likeness (QED) is 0.104. The Kier molecular flexibility index (Phi) is 44.7. The van der Waals surface area contributed by atoms with Crippen LogP contribution in [0.3, 0.4) is 0 Å². The minimum Gasteiger partial charge on any atom is -0.360 e. The summed E-state index contributed by atoms with van der Waals surface area (Å²) in [4.78, 5) is 39.2. The van der Waals surface area contributed by atoms with Crippen molar-refractivity contribution in [3.05, 3.63) is 501 Å². The van der Waals surface area contributed by atoms with E-state index in [4.69, 9.17) is 0 Å². The third-order valence-electron chi connectivity index (χ3n) is 21.1. The molecule has 0 fully saturated rings. The average Bonchev–Trinajstić information content (AvgIpc) is 0.809. The van der Waals surface area contributed by atoms with Crippen LogP contribution in [-0.4, -0.2) is 44.9 Å². The van der Waals surface area contributed by atoms with Gasteiger partial charge in [0.25, 0.3) is 0 Å². The van der Waals surface area contributed by atoms with E-state index in [9.17, 15) is 0 Å². The van der Waals surface area contributed by atoms with Crippen molar-refractivity contribution in [1.29, 1.82) is 0 Å². The van der Waals surface area contributed by atoms with E-state index in [1.165, 1.54) is 72.3 Å². The Balaban J connectivity index is 0.000000193. The number of pyridine rings is 9. The van der Waals surface area contributed by atoms with E-state index < -0.39 is 0 Å². The summed E-state index contributed by atoms with van der Waals surface area (Å²) in [7, 11) is 0. The first kappa shape index (κ1) is 109. The van der Waals surface area contributed by atoms with Gasteiger partial charge >= 0.3 is 0 Å². The summed E-state index contributed by atoms with van der Waals surface area (Å²) >= 11 is 0. The van der Waals surface area contributed by atoms with Crippen molar-refractivity contribution in [1.82, 2.24) is 44.9 Å². The fourth-order valence-corrected chi connectivity index (χ4v) is 13.7. The Bertz CT molecular complexity index is 6380. The molecule has 10 aromatic carbocycles. The number of benzene rings is 10. The summed E-state index contributed by atoms with van der Waals surface area (Å²) in [5.74, 6) is 0.677. The molecule has 137 heavy (non-hydrogen) atoms. The minimum atomic E-state index is 0. The van der Waals surface area contributed by atoms with Gasteiger partial charge in [0.2, 0.25) is 0 Å². The fraction of sp³-hybridized carbons (Fsp3) is 0.153. The van der Waals surface area contributed by atoms with E-state index in [1.807, 2.05) is 234 Å². The van der Waals surface area contributed by atoms with E-state index >= 15 is 0 Å². The van der Waals surface area contributed by atoms with Crippen LogP contribution >= 0.6 is 0 Å². The Hall–Kier alpha value is -12.9. The SMILES string of the molecule is CC(C)(C)c1ccnc(-c2[c-]ccc(-c3ccccc3)c2)c1.CC(C)(C)c1ccnc(-c2[c-]ccc(-c3ccccc3)c2)c1.CC(C)(C)c1ccnc(-c2[c-]cccc2)c1.CC(C)Cc1ccc(-c2[c-]cccc2)nc1.Cc1ccc(-c2[c-]ccc(-c3ccccc3)c2)nc1.Cc1ccc(-c2[c-]cccc2)nc1.Cc1ccc(-c2[c-]cccc2)nc1.[Ir].[Ir].[Ir].[Ir].[c-]1ccncc1-c1ccccn1. The second-order valence-electron chi connectivity index (χ2n) is 35.4. The minimum absolute atomic E-state index is 0. The molecule has 19 aromatic rings. The summed E-state index contributed by atoms with van der Waals surface area (Å²) in [6.07, 6.45) is 19.5. The fourth-order valence-electron chi connectivity index (χ4n) is 13.7. The molecule has 9 nitrogen and oxygen atoms in total. The van der Waals surface area contributed by atoms with Gasteiger partial charge in [0, 0.05) is 130 Å². The summed E-state index contributed by atoms with van der Waals surface area (Å²) in [5.41, 5.74) is 32.3. The molecule has 0 N–H and O–H groups in total. The van der Waals surface area contributed by atoms with Crippen LogP contribution in [0, 0.1) is 75.2 Å². The summed E-state index contributed by atoms with van der Waals surface area (Å²) in [6.45, 7) is 30.5. The number of aromatic nitrogens is 9. The molecule has 9 aromatic heterocycles. The van der Waals surface area contributed by atoms with Gasteiger partial charge in [-0.3, -0.25) is 0 Å². The van der Waals surface area contributed by atoms with Crippen LogP contribution in [0.5, 0.6) is 0 Å². The second kappa shape index (κ2) is 56.0. The van der Waals surface area contributed by atoms with Crippen molar-refractivity contribution >= 4 is 0 Å². The predicted octanol–water partition coefficient (Wildman–Crippen LogP) is 30.8. The number of hydrogen-bond acceptors (Lipinski definition) is 9. The first-order valence-electron chi connectivity index (χ1n) is 44.9. The zero-order valence-corrected chi connectivity index (χ0v) is 89.5. The topological polar surface area (TPSA) is 116 Å². The Morgan fingerprint density at radius 1 is 0.219 bits per heavy atom. The van der Waals surface area contributed by atoms with Gasteiger partial charge in [-0.1, -0.05) is 258 Å².